The van der Waals surface area contributed by atoms with Crippen LogP contribution in [0.25, 0.3) is 0 Å². The number of nitrogens with zero attached hydrogens (tertiary/aromatic N) is 2. The highest BCUT2D eigenvalue weighted by Crippen LogP contribution is 2.34. The van der Waals surface area contributed by atoms with Gasteiger partial charge in [0.15, 0.2) is 0 Å². The summed E-state index contributed by atoms with van der Waals surface area (Å²) in [7, 11) is -0.979. The third kappa shape index (κ3) is 4.01. The second-order valence-electron chi connectivity index (χ2n) is 5.67. The van der Waals surface area contributed by atoms with E-state index in [1.165, 1.54) is 37.1 Å². The number of rotatable bonds is 5. The van der Waals surface area contributed by atoms with Gasteiger partial charge in [-0.15, -0.1) is 11.3 Å². The first kappa shape index (κ1) is 14.9. The zero-order chi connectivity index (χ0) is 14.7. The standard InChI is InChI=1S/C15H20N2O2S2/c1-11-7-13(17-19-11)9-21(18)10-14-8-20-15(16-14)12-5-3-2-4-6-12/h7-8,12H,2-6,9-10H2,1H3/t21-/m0/s1. The van der Waals surface area contributed by atoms with Gasteiger partial charge >= 0.3 is 0 Å². The maximum absolute atomic E-state index is 12.2. The molecular formula is C15H20N2O2S2. The molecule has 0 bridgehead atoms. The normalized spacial score (nSPS) is 18.0. The molecule has 0 spiro atoms. The fourth-order valence-corrected chi connectivity index (χ4v) is 4.94. The maximum Gasteiger partial charge on any atom is 0.133 e. The van der Waals surface area contributed by atoms with E-state index < -0.39 is 10.8 Å². The topological polar surface area (TPSA) is 56.0 Å². The zero-order valence-electron chi connectivity index (χ0n) is 12.2. The van der Waals surface area contributed by atoms with E-state index in [2.05, 4.69) is 10.5 Å². The lowest BCUT2D eigenvalue weighted by atomic mass is 9.90. The summed E-state index contributed by atoms with van der Waals surface area (Å²) >= 11 is 1.73. The molecule has 6 heteroatoms. The first-order chi connectivity index (χ1) is 10.2. The van der Waals surface area contributed by atoms with Gasteiger partial charge in [0.1, 0.15) is 5.76 Å². The highest BCUT2D eigenvalue weighted by molar-refractivity contribution is 7.83. The van der Waals surface area contributed by atoms with Crippen molar-refractivity contribution in [2.24, 2.45) is 0 Å². The molecule has 114 valence electrons. The van der Waals surface area contributed by atoms with E-state index in [1.54, 1.807) is 11.3 Å². The summed E-state index contributed by atoms with van der Waals surface area (Å²) in [6.07, 6.45) is 6.51. The molecule has 0 radical (unpaired) electrons. The first-order valence-electron chi connectivity index (χ1n) is 7.42. The lowest BCUT2D eigenvalue weighted by molar-refractivity contribution is 0.392. The quantitative estimate of drug-likeness (QED) is 0.836. The molecule has 1 aliphatic rings. The Balaban J connectivity index is 1.57. The van der Waals surface area contributed by atoms with Gasteiger partial charge in [-0.25, -0.2) is 4.98 Å². The fourth-order valence-electron chi connectivity index (χ4n) is 2.79. The monoisotopic (exact) mass is 324 g/mol. The second kappa shape index (κ2) is 6.83. The fraction of sp³-hybridized carbons (Fsp3) is 0.600. The molecule has 2 aromatic rings. The minimum Gasteiger partial charge on any atom is -0.361 e. The van der Waals surface area contributed by atoms with E-state index in [4.69, 9.17) is 9.51 Å². The van der Waals surface area contributed by atoms with Crippen molar-refractivity contribution >= 4 is 22.1 Å². The Labute approximate surface area is 131 Å². The van der Waals surface area contributed by atoms with E-state index in [0.717, 1.165) is 17.1 Å². The van der Waals surface area contributed by atoms with Crippen LogP contribution < -0.4 is 0 Å². The van der Waals surface area contributed by atoms with Gasteiger partial charge in [-0.1, -0.05) is 24.4 Å². The smallest absolute Gasteiger partial charge is 0.133 e. The van der Waals surface area contributed by atoms with Crippen LogP contribution in [0.2, 0.25) is 0 Å². The van der Waals surface area contributed by atoms with Crippen molar-refractivity contribution in [3.63, 3.8) is 0 Å². The van der Waals surface area contributed by atoms with Gasteiger partial charge in [-0.05, 0) is 19.8 Å². The van der Waals surface area contributed by atoms with E-state index in [1.807, 2.05) is 13.0 Å². The van der Waals surface area contributed by atoms with Crippen molar-refractivity contribution in [3.8, 4) is 0 Å². The summed E-state index contributed by atoms with van der Waals surface area (Å²) in [5, 5.41) is 7.19. The van der Waals surface area contributed by atoms with E-state index in [9.17, 15) is 4.21 Å². The summed E-state index contributed by atoms with van der Waals surface area (Å²) in [5.74, 6) is 2.34. The van der Waals surface area contributed by atoms with Gasteiger partial charge in [0.25, 0.3) is 0 Å². The first-order valence-corrected chi connectivity index (χ1v) is 9.79. The number of hydrogen-bond donors (Lipinski definition) is 0. The third-order valence-corrected chi connectivity index (χ3v) is 6.11. The molecule has 2 heterocycles. The lowest BCUT2D eigenvalue weighted by Gasteiger charge is -2.18. The molecule has 0 aromatic carbocycles. The van der Waals surface area contributed by atoms with Crippen molar-refractivity contribution in [1.82, 2.24) is 10.1 Å². The van der Waals surface area contributed by atoms with Gasteiger partial charge in [-0.3, -0.25) is 4.21 Å². The van der Waals surface area contributed by atoms with Gasteiger partial charge < -0.3 is 4.52 Å². The van der Waals surface area contributed by atoms with Crippen LogP contribution in [-0.4, -0.2) is 14.3 Å². The van der Waals surface area contributed by atoms with Gasteiger partial charge in [0, 0.05) is 28.2 Å². The van der Waals surface area contributed by atoms with Crippen LogP contribution in [0.5, 0.6) is 0 Å². The molecule has 1 aliphatic carbocycles. The summed E-state index contributed by atoms with van der Waals surface area (Å²) in [6, 6.07) is 1.84. The Morgan fingerprint density at radius 2 is 2.05 bits per heavy atom. The molecular weight excluding hydrogens is 304 g/mol. The van der Waals surface area contributed by atoms with Crippen LogP contribution in [0.4, 0.5) is 0 Å². The Hall–Kier alpha value is -1.01. The molecule has 0 unspecified atom stereocenters. The summed E-state index contributed by atoms with van der Waals surface area (Å²) in [4.78, 5) is 4.70. The van der Waals surface area contributed by atoms with Crippen LogP contribution in [0.1, 0.15) is 60.2 Å². The van der Waals surface area contributed by atoms with E-state index in [0.29, 0.717) is 17.4 Å². The maximum atomic E-state index is 12.2. The molecule has 0 amide bonds. The highest BCUT2D eigenvalue weighted by Gasteiger charge is 2.19. The molecule has 0 N–H and O–H groups in total. The summed E-state index contributed by atoms with van der Waals surface area (Å²) < 4.78 is 17.2. The Morgan fingerprint density at radius 1 is 1.29 bits per heavy atom. The van der Waals surface area contributed by atoms with E-state index in [-0.39, 0.29) is 0 Å². The predicted octanol–water partition coefficient (Wildman–Crippen LogP) is 3.94. The molecule has 21 heavy (non-hydrogen) atoms. The average Bonchev–Trinajstić information content (AvgIpc) is 3.09. The molecule has 2 aromatic heterocycles. The average molecular weight is 324 g/mol. The molecule has 1 atom stereocenters. The van der Waals surface area contributed by atoms with Crippen LogP contribution in [0.15, 0.2) is 16.0 Å². The SMILES string of the molecule is Cc1cc(C[S@](=O)Cc2csc(C3CCCCC3)n2)no1. The summed E-state index contributed by atoms with van der Waals surface area (Å²) in [5.41, 5.74) is 1.72. The molecule has 0 aliphatic heterocycles. The van der Waals surface area contributed by atoms with E-state index >= 15 is 0 Å². The molecule has 1 saturated carbocycles. The Morgan fingerprint density at radius 3 is 2.76 bits per heavy atom. The van der Waals surface area contributed by atoms with Crippen LogP contribution >= 0.6 is 11.3 Å². The van der Waals surface area contributed by atoms with Gasteiger partial charge in [0.05, 0.1) is 27.9 Å². The minimum absolute atomic E-state index is 0.438. The Bertz CT molecular complexity index is 615. The number of hydrogen-bond acceptors (Lipinski definition) is 5. The molecule has 1 fully saturated rings. The lowest BCUT2D eigenvalue weighted by Crippen LogP contribution is -2.05. The minimum atomic E-state index is -0.979. The largest absolute Gasteiger partial charge is 0.361 e. The second-order valence-corrected chi connectivity index (χ2v) is 8.02. The molecule has 0 saturated heterocycles. The molecule has 3 rings (SSSR count). The summed E-state index contributed by atoms with van der Waals surface area (Å²) in [6.45, 7) is 1.84. The Kier molecular flexibility index (Phi) is 4.85. The zero-order valence-corrected chi connectivity index (χ0v) is 13.8. The van der Waals surface area contributed by atoms with Crippen molar-refractivity contribution in [1.29, 1.82) is 0 Å². The van der Waals surface area contributed by atoms with Crippen molar-refractivity contribution in [2.45, 2.75) is 56.5 Å². The van der Waals surface area contributed by atoms with Crippen molar-refractivity contribution < 1.29 is 8.73 Å². The van der Waals surface area contributed by atoms with Crippen molar-refractivity contribution in [3.05, 3.63) is 33.6 Å². The number of aromatic nitrogens is 2. The van der Waals surface area contributed by atoms with Gasteiger partial charge in [0.2, 0.25) is 0 Å². The van der Waals surface area contributed by atoms with Crippen LogP contribution in [0.3, 0.4) is 0 Å². The number of aryl methyl sites for hydroxylation is 1. The number of thiazole rings is 1. The van der Waals surface area contributed by atoms with Crippen molar-refractivity contribution in [2.75, 3.05) is 0 Å². The van der Waals surface area contributed by atoms with Crippen LogP contribution in [-0.2, 0) is 22.3 Å². The van der Waals surface area contributed by atoms with Crippen LogP contribution in [0, 0.1) is 6.92 Å². The molecule has 4 nitrogen and oxygen atoms in total. The highest BCUT2D eigenvalue weighted by atomic mass is 32.2. The predicted molar refractivity (Wildman–Crippen MR) is 84.7 cm³/mol. The van der Waals surface area contributed by atoms with Gasteiger partial charge in [-0.2, -0.15) is 0 Å². The third-order valence-electron chi connectivity index (χ3n) is 3.82.